The highest BCUT2D eigenvalue weighted by Crippen LogP contribution is 2.33. The summed E-state index contributed by atoms with van der Waals surface area (Å²) in [6.45, 7) is 0.595. The highest BCUT2D eigenvalue weighted by atomic mass is 32.2. The Morgan fingerprint density at radius 1 is 1.13 bits per heavy atom. The number of amides is 1. The van der Waals surface area contributed by atoms with Crippen molar-refractivity contribution in [1.82, 2.24) is 14.9 Å². The molecule has 30 heavy (non-hydrogen) atoms. The zero-order valence-electron chi connectivity index (χ0n) is 16.7. The van der Waals surface area contributed by atoms with Crippen molar-refractivity contribution in [2.45, 2.75) is 25.8 Å². The fourth-order valence-electron chi connectivity index (χ4n) is 4.24. The van der Waals surface area contributed by atoms with Crippen LogP contribution in [0.25, 0.3) is 0 Å². The first kappa shape index (κ1) is 20.4. The summed E-state index contributed by atoms with van der Waals surface area (Å²) in [7, 11) is -0.262. The molecule has 1 amide bonds. The third kappa shape index (κ3) is 4.34. The molecule has 2 saturated heterocycles. The summed E-state index contributed by atoms with van der Waals surface area (Å²) in [4.78, 5) is 37.3. The van der Waals surface area contributed by atoms with Crippen molar-refractivity contribution in [1.29, 1.82) is 5.26 Å². The maximum absolute atomic E-state index is 13.4. The van der Waals surface area contributed by atoms with Crippen LogP contribution in [0.5, 0.6) is 0 Å². The van der Waals surface area contributed by atoms with Crippen molar-refractivity contribution in [3.8, 4) is 6.07 Å². The van der Waals surface area contributed by atoms with Gasteiger partial charge in [0, 0.05) is 18.9 Å². The van der Waals surface area contributed by atoms with Gasteiger partial charge in [-0.3, -0.25) is 9.59 Å². The molecule has 2 atom stereocenters. The molecule has 154 valence electrons. The number of nitrogens with zero attached hydrogens (tertiary/aromatic N) is 4. The Morgan fingerprint density at radius 2 is 1.83 bits per heavy atom. The van der Waals surface area contributed by atoms with E-state index in [-0.39, 0.29) is 28.7 Å². The molecule has 0 unspecified atom stereocenters. The number of ketones is 1. The molecule has 2 aliphatic rings. The van der Waals surface area contributed by atoms with Crippen LogP contribution in [0.3, 0.4) is 0 Å². The molecule has 0 spiro atoms. The minimum absolute atomic E-state index is 0.0586. The maximum Gasteiger partial charge on any atom is 0.227 e. The summed E-state index contributed by atoms with van der Waals surface area (Å²) in [5.74, 6) is 1.24. The van der Waals surface area contributed by atoms with Gasteiger partial charge in [-0.05, 0) is 42.4 Å². The highest BCUT2D eigenvalue weighted by Gasteiger charge is 2.45. The van der Waals surface area contributed by atoms with E-state index < -0.39 is 11.8 Å². The zero-order chi connectivity index (χ0) is 20.9. The Labute approximate surface area is 178 Å². The molecule has 0 N–H and O–H groups in total. The van der Waals surface area contributed by atoms with Crippen LogP contribution in [0.15, 0.2) is 48.8 Å². The van der Waals surface area contributed by atoms with E-state index >= 15 is 0 Å². The number of likely N-dealkylation sites (tertiary alicyclic amines) is 1. The molecule has 0 radical (unpaired) electrons. The van der Waals surface area contributed by atoms with Crippen molar-refractivity contribution in [3.63, 3.8) is 0 Å². The van der Waals surface area contributed by atoms with E-state index in [1.54, 1.807) is 23.4 Å². The number of aromatic nitrogens is 2. The van der Waals surface area contributed by atoms with E-state index in [4.69, 9.17) is 0 Å². The van der Waals surface area contributed by atoms with Crippen molar-refractivity contribution in [2.24, 2.45) is 11.8 Å². The smallest absolute Gasteiger partial charge is 0.227 e. The lowest BCUT2D eigenvalue weighted by atomic mass is 9.85. The molecule has 1 aromatic carbocycles. The second kappa shape index (κ2) is 9.31. The molecule has 0 bridgehead atoms. The van der Waals surface area contributed by atoms with Crippen LogP contribution in [-0.4, -0.2) is 49.5 Å². The third-order valence-electron chi connectivity index (χ3n) is 5.76. The Bertz CT molecular complexity index is 993. The van der Waals surface area contributed by atoms with Gasteiger partial charge in [0.15, 0.2) is 5.78 Å². The first-order chi connectivity index (χ1) is 14.7. The average molecular weight is 421 g/mol. The lowest BCUT2D eigenvalue weighted by molar-refractivity contribution is -0.132. The highest BCUT2D eigenvalue weighted by molar-refractivity contribution is 8.17. The molecular weight excluding hydrogens is 396 g/mol. The van der Waals surface area contributed by atoms with Crippen molar-refractivity contribution in [2.75, 3.05) is 18.1 Å². The van der Waals surface area contributed by atoms with Crippen LogP contribution >= 0.6 is 10.5 Å². The molecule has 0 saturated carbocycles. The third-order valence-corrected chi connectivity index (χ3v) is 8.20. The molecule has 3 heterocycles. The van der Waals surface area contributed by atoms with Crippen LogP contribution < -0.4 is 0 Å². The van der Waals surface area contributed by atoms with Crippen LogP contribution in [0.1, 0.15) is 24.2 Å². The summed E-state index contributed by atoms with van der Waals surface area (Å²) in [5.41, 5.74) is 1.02. The largest absolute Gasteiger partial charge is 0.334 e. The Morgan fingerprint density at radius 3 is 2.50 bits per heavy atom. The van der Waals surface area contributed by atoms with Crippen LogP contribution in [0.2, 0.25) is 0 Å². The second-order valence-electron chi connectivity index (χ2n) is 7.70. The van der Waals surface area contributed by atoms with Crippen molar-refractivity contribution >= 4 is 27.0 Å². The maximum atomic E-state index is 13.4. The number of rotatable bonds is 6. The van der Waals surface area contributed by atoms with Gasteiger partial charge in [-0.25, -0.2) is 9.97 Å². The molecule has 6 nitrogen and oxygen atoms in total. The van der Waals surface area contributed by atoms with E-state index in [0.717, 1.165) is 29.9 Å². The molecule has 2 aliphatic heterocycles. The summed E-state index contributed by atoms with van der Waals surface area (Å²) in [6.07, 6.45) is 5.92. The van der Waals surface area contributed by atoms with Crippen molar-refractivity contribution < 1.29 is 9.59 Å². The monoisotopic (exact) mass is 420 g/mol. The Kier molecular flexibility index (Phi) is 6.34. The first-order valence-corrected chi connectivity index (χ1v) is 11.8. The standard InChI is InChI=1S/C23H24N4O2S/c24-14-20(30-11-4-5-12-30)22(28)19-15-27(16-21-25-9-6-10-26-21)23(29)18(19)13-17-7-2-1-3-8-17/h1-3,6-10,18-19H,4-5,11-13,15-16H2/t18-,19+/m1/s1. The SMILES string of the molecule is N#CC(C(=O)[C@H]1CN(Cc2ncccn2)C(=O)[C@@H]1Cc1ccccc1)=S1CCCC1. The summed E-state index contributed by atoms with van der Waals surface area (Å²) >= 11 is 0. The van der Waals surface area contributed by atoms with E-state index in [1.165, 1.54) is 0 Å². The van der Waals surface area contributed by atoms with Gasteiger partial charge in [0.1, 0.15) is 16.8 Å². The van der Waals surface area contributed by atoms with Gasteiger partial charge in [0.25, 0.3) is 0 Å². The van der Waals surface area contributed by atoms with E-state index in [9.17, 15) is 14.9 Å². The number of hydrogen-bond acceptors (Lipinski definition) is 5. The molecule has 4 rings (SSSR count). The molecule has 2 aromatic rings. The predicted molar refractivity (Wildman–Crippen MR) is 117 cm³/mol. The van der Waals surface area contributed by atoms with E-state index in [0.29, 0.717) is 23.7 Å². The number of carbonyl (C=O) groups is 2. The van der Waals surface area contributed by atoms with Gasteiger partial charge < -0.3 is 4.90 Å². The zero-order valence-corrected chi connectivity index (χ0v) is 17.6. The lowest BCUT2D eigenvalue weighted by Gasteiger charge is -2.16. The Hall–Kier alpha value is -2.85. The molecule has 2 fully saturated rings. The number of hydrogen-bond donors (Lipinski definition) is 0. The van der Waals surface area contributed by atoms with Crippen molar-refractivity contribution in [3.05, 3.63) is 60.2 Å². The molecular formula is C23H24N4O2S. The average Bonchev–Trinajstić information content (AvgIpc) is 3.40. The van der Waals surface area contributed by atoms with E-state index in [2.05, 4.69) is 16.0 Å². The topological polar surface area (TPSA) is 86.9 Å². The van der Waals surface area contributed by atoms with Gasteiger partial charge in [0.2, 0.25) is 5.91 Å². The second-order valence-corrected chi connectivity index (χ2v) is 9.91. The normalized spacial score (nSPS) is 21.6. The summed E-state index contributed by atoms with van der Waals surface area (Å²) in [5, 5.41) is 9.74. The summed E-state index contributed by atoms with van der Waals surface area (Å²) in [6, 6.07) is 13.7. The fraction of sp³-hybridized carbons (Fsp3) is 0.391. The number of Topliss-reactive ketones (excluding diaryl/α,β-unsaturated/α-hetero) is 1. The van der Waals surface area contributed by atoms with Gasteiger partial charge in [-0.1, -0.05) is 30.3 Å². The van der Waals surface area contributed by atoms with Crippen LogP contribution in [0.4, 0.5) is 0 Å². The van der Waals surface area contributed by atoms with Gasteiger partial charge in [0.05, 0.1) is 18.4 Å². The lowest BCUT2D eigenvalue weighted by Crippen LogP contribution is -2.31. The van der Waals surface area contributed by atoms with Gasteiger partial charge in [-0.2, -0.15) is 15.7 Å². The summed E-state index contributed by atoms with van der Waals surface area (Å²) < 4.78 is 0. The number of nitriles is 1. The first-order valence-electron chi connectivity index (χ1n) is 10.2. The number of benzene rings is 1. The predicted octanol–water partition coefficient (Wildman–Crippen LogP) is 2.62. The van der Waals surface area contributed by atoms with Gasteiger partial charge >= 0.3 is 0 Å². The molecule has 0 aliphatic carbocycles. The van der Waals surface area contributed by atoms with Gasteiger partial charge in [-0.15, -0.1) is 0 Å². The quantitative estimate of drug-likeness (QED) is 0.671. The minimum atomic E-state index is -0.496. The fourth-order valence-corrected chi connectivity index (χ4v) is 6.52. The minimum Gasteiger partial charge on any atom is -0.334 e. The number of carbonyl (C=O) groups excluding carboxylic acids is 2. The van der Waals surface area contributed by atoms with Crippen LogP contribution in [-0.2, 0) is 22.6 Å². The Balaban J connectivity index is 1.63. The molecule has 7 heteroatoms. The molecule has 1 aromatic heterocycles. The van der Waals surface area contributed by atoms with E-state index in [1.807, 2.05) is 30.3 Å². The van der Waals surface area contributed by atoms with Crippen LogP contribution in [0, 0.1) is 23.2 Å².